The molecular formula is C10H13BrN3S+. The number of hydrogen-bond donors (Lipinski definition) is 3. The summed E-state index contributed by atoms with van der Waals surface area (Å²) in [5, 5.41) is 6.47. The van der Waals surface area contributed by atoms with E-state index in [0.29, 0.717) is 5.11 Å². The molecule has 0 saturated heterocycles. The molecule has 0 aromatic heterocycles. The van der Waals surface area contributed by atoms with Gasteiger partial charge in [-0.05, 0) is 37.3 Å². The Balaban J connectivity index is 2.48. The summed E-state index contributed by atoms with van der Waals surface area (Å²) in [4.78, 5) is 0. The Kier molecular flexibility index (Phi) is 5.28. The zero-order valence-corrected chi connectivity index (χ0v) is 10.8. The molecule has 1 aromatic carbocycles. The van der Waals surface area contributed by atoms with Gasteiger partial charge in [-0.3, -0.25) is 0 Å². The minimum atomic E-state index is 0.587. The van der Waals surface area contributed by atoms with Crippen molar-refractivity contribution in [3.05, 3.63) is 34.3 Å². The Morgan fingerprint density at radius 3 is 3.07 bits per heavy atom. The van der Waals surface area contributed by atoms with Crippen LogP contribution in [0.4, 0.5) is 0 Å². The highest BCUT2D eigenvalue weighted by Crippen LogP contribution is 2.09. The van der Waals surface area contributed by atoms with Crippen molar-refractivity contribution >= 4 is 39.5 Å². The first-order valence-corrected chi connectivity index (χ1v) is 5.80. The van der Waals surface area contributed by atoms with E-state index >= 15 is 0 Å². The van der Waals surface area contributed by atoms with Crippen LogP contribution in [-0.2, 0) is 0 Å². The van der Waals surface area contributed by atoms with E-state index in [-0.39, 0.29) is 0 Å². The number of benzene rings is 1. The van der Waals surface area contributed by atoms with Gasteiger partial charge in [-0.1, -0.05) is 22.0 Å². The minimum Gasteiger partial charge on any atom is -0.359 e. The number of thiocarbonyl (C=S) groups is 1. The molecule has 0 atom stereocenters. The molecule has 15 heavy (non-hydrogen) atoms. The SMILES string of the molecule is CCNC(=S)N[NH+]=Cc1cccc(Br)c1. The van der Waals surface area contributed by atoms with Gasteiger partial charge in [0.2, 0.25) is 5.11 Å². The van der Waals surface area contributed by atoms with Gasteiger partial charge in [0, 0.05) is 16.6 Å². The molecule has 0 spiro atoms. The fourth-order valence-electron chi connectivity index (χ4n) is 0.986. The van der Waals surface area contributed by atoms with Gasteiger partial charge in [-0.25, -0.2) is 0 Å². The zero-order chi connectivity index (χ0) is 11.1. The second-order valence-corrected chi connectivity index (χ2v) is 4.15. The van der Waals surface area contributed by atoms with Crippen LogP contribution in [0.1, 0.15) is 12.5 Å². The number of hydrazone groups is 1. The largest absolute Gasteiger partial charge is 0.359 e. The van der Waals surface area contributed by atoms with Crippen LogP contribution in [0.15, 0.2) is 28.7 Å². The van der Waals surface area contributed by atoms with Crippen LogP contribution in [-0.4, -0.2) is 17.9 Å². The summed E-state index contributed by atoms with van der Waals surface area (Å²) in [6, 6.07) is 7.95. The lowest BCUT2D eigenvalue weighted by atomic mass is 10.2. The summed E-state index contributed by atoms with van der Waals surface area (Å²) in [6.45, 7) is 2.80. The van der Waals surface area contributed by atoms with Crippen molar-refractivity contribution in [2.24, 2.45) is 0 Å². The summed E-state index contributed by atoms with van der Waals surface area (Å²) in [5.41, 5.74) is 3.92. The lowest BCUT2D eigenvalue weighted by Gasteiger charge is -1.98. The minimum absolute atomic E-state index is 0.587. The lowest BCUT2D eigenvalue weighted by molar-refractivity contribution is -0.500. The summed E-state index contributed by atoms with van der Waals surface area (Å²) in [7, 11) is 0. The van der Waals surface area contributed by atoms with Crippen LogP contribution < -0.4 is 15.8 Å². The van der Waals surface area contributed by atoms with Crippen LogP contribution in [0, 0.1) is 0 Å². The molecule has 0 fully saturated rings. The third kappa shape index (κ3) is 4.90. The molecule has 0 heterocycles. The summed E-state index contributed by atoms with van der Waals surface area (Å²) in [5.74, 6) is 0. The topological polar surface area (TPSA) is 38.0 Å². The molecule has 80 valence electrons. The van der Waals surface area contributed by atoms with Crippen molar-refractivity contribution in [2.45, 2.75) is 6.92 Å². The summed E-state index contributed by atoms with van der Waals surface area (Å²) < 4.78 is 1.05. The number of rotatable bonds is 3. The summed E-state index contributed by atoms with van der Waals surface area (Å²) >= 11 is 8.38. The first-order chi connectivity index (χ1) is 7.22. The van der Waals surface area contributed by atoms with Crippen molar-refractivity contribution in [2.75, 3.05) is 6.54 Å². The van der Waals surface area contributed by atoms with E-state index < -0.39 is 0 Å². The highest BCUT2D eigenvalue weighted by atomic mass is 79.9. The Labute approximate surface area is 103 Å². The standard InChI is InChI=1S/C10H12BrN3S/c1-2-12-10(15)14-13-7-8-4-3-5-9(11)6-8/h3-7H,2H2,1H3,(H2,12,14,15)/p+1. The fourth-order valence-corrected chi connectivity index (χ4v) is 1.61. The second kappa shape index (κ2) is 6.53. The highest BCUT2D eigenvalue weighted by molar-refractivity contribution is 9.10. The van der Waals surface area contributed by atoms with Gasteiger partial charge in [0.05, 0.1) is 0 Å². The number of halogens is 1. The molecule has 0 radical (unpaired) electrons. The smallest absolute Gasteiger partial charge is 0.223 e. The molecule has 0 unspecified atom stereocenters. The molecule has 0 aliphatic rings. The average molecular weight is 287 g/mol. The van der Waals surface area contributed by atoms with Crippen molar-refractivity contribution < 1.29 is 5.10 Å². The molecule has 0 bridgehead atoms. The van der Waals surface area contributed by atoms with E-state index in [4.69, 9.17) is 12.2 Å². The van der Waals surface area contributed by atoms with Gasteiger partial charge in [0.1, 0.15) is 0 Å². The van der Waals surface area contributed by atoms with Crippen molar-refractivity contribution in [3.63, 3.8) is 0 Å². The molecule has 0 aliphatic carbocycles. The Morgan fingerprint density at radius 2 is 2.40 bits per heavy atom. The molecular weight excluding hydrogens is 274 g/mol. The monoisotopic (exact) mass is 286 g/mol. The molecule has 3 nitrogen and oxygen atoms in total. The maximum Gasteiger partial charge on any atom is 0.223 e. The van der Waals surface area contributed by atoms with Gasteiger partial charge >= 0.3 is 0 Å². The van der Waals surface area contributed by atoms with E-state index in [0.717, 1.165) is 16.6 Å². The van der Waals surface area contributed by atoms with Crippen LogP contribution in [0.5, 0.6) is 0 Å². The average Bonchev–Trinajstić information content (AvgIpc) is 2.18. The highest BCUT2D eigenvalue weighted by Gasteiger charge is 1.94. The molecule has 1 rings (SSSR count). The first-order valence-electron chi connectivity index (χ1n) is 4.60. The lowest BCUT2D eigenvalue weighted by Crippen LogP contribution is -2.82. The predicted octanol–water partition coefficient (Wildman–Crippen LogP) is 0.348. The van der Waals surface area contributed by atoms with E-state index in [1.807, 2.05) is 37.4 Å². The Bertz CT molecular complexity index is 365. The molecule has 0 saturated carbocycles. The normalized spacial score (nSPS) is 10.3. The maximum absolute atomic E-state index is 4.98. The van der Waals surface area contributed by atoms with Gasteiger partial charge < -0.3 is 5.32 Å². The van der Waals surface area contributed by atoms with Crippen molar-refractivity contribution in [1.29, 1.82) is 0 Å². The Hall–Kier alpha value is -0.940. The number of nitrogens with one attached hydrogen (secondary N) is 3. The zero-order valence-electron chi connectivity index (χ0n) is 8.38. The van der Waals surface area contributed by atoms with Gasteiger partial charge in [0.15, 0.2) is 6.21 Å². The van der Waals surface area contributed by atoms with Crippen molar-refractivity contribution in [3.8, 4) is 0 Å². The first kappa shape index (κ1) is 12.1. The number of hydrazine groups is 1. The van der Waals surface area contributed by atoms with Crippen LogP contribution >= 0.6 is 28.1 Å². The van der Waals surface area contributed by atoms with Crippen LogP contribution in [0.3, 0.4) is 0 Å². The summed E-state index contributed by atoms with van der Waals surface area (Å²) in [6.07, 6.45) is 1.84. The molecule has 5 heteroatoms. The molecule has 0 amide bonds. The molecule has 0 aliphatic heterocycles. The van der Waals surface area contributed by atoms with E-state index in [2.05, 4.69) is 31.8 Å². The van der Waals surface area contributed by atoms with E-state index in [1.165, 1.54) is 0 Å². The third-order valence-corrected chi connectivity index (χ3v) is 2.35. The van der Waals surface area contributed by atoms with Crippen LogP contribution in [0.25, 0.3) is 0 Å². The van der Waals surface area contributed by atoms with Gasteiger partial charge in [-0.15, -0.1) is 10.5 Å². The van der Waals surface area contributed by atoms with E-state index in [9.17, 15) is 0 Å². The van der Waals surface area contributed by atoms with Gasteiger partial charge in [-0.2, -0.15) is 0 Å². The Morgan fingerprint density at radius 1 is 1.60 bits per heavy atom. The van der Waals surface area contributed by atoms with E-state index in [1.54, 1.807) is 0 Å². The molecule has 3 N–H and O–H groups in total. The quantitative estimate of drug-likeness (QED) is 0.427. The number of hydrogen-bond acceptors (Lipinski definition) is 1. The van der Waals surface area contributed by atoms with Gasteiger partial charge in [0.25, 0.3) is 0 Å². The van der Waals surface area contributed by atoms with Crippen molar-refractivity contribution in [1.82, 2.24) is 10.7 Å². The maximum atomic E-state index is 4.98. The molecule has 1 aromatic rings. The predicted molar refractivity (Wildman–Crippen MR) is 69.7 cm³/mol. The van der Waals surface area contributed by atoms with Crippen LogP contribution in [0.2, 0.25) is 0 Å². The fraction of sp³-hybridized carbons (Fsp3) is 0.200. The second-order valence-electron chi connectivity index (χ2n) is 2.83. The third-order valence-electron chi connectivity index (χ3n) is 1.61.